The van der Waals surface area contributed by atoms with Crippen LogP contribution in [0.25, 0.3) is 0 Å². The molecule has 0 heterocycles. The Labute approximate surface area is 101 Å². The first-order valence-corrected chi connectivity index (χ1v) is 5.97. The first-order valence-electron chi connectivity index (χ1n) is 5.97. The van der Waals surface area contributed by atoms with Gasteiger partial charge in [0.25, 0.3) is 0 Å². The summed E-state index contributed by atoms with van der Waals surface area (Å²) in [5, 5.41) is 0. The van der Waals surface area contributed by atoms with Gasteiger partial charge in [0.2, 0.25) is 0 Å². The van der Waals surface area contributed by atoms with Gasteiger partial charge in [0.05, 0.1) is 5.56 Å². The normalized spacial score (nSPS) is 12.8. The van der Waals surface area contributed by atoms with Gasteiger partial charge in [-0.3, -0.25) is 0 Å². The zero-order valence-corrected chi connectivity index (χ0v) is 10.6. The van der Waals surface area contributed by atoms with Crippen LogP contribution < -0.4 is 0 Å². The molecule has 1 aromatic rings. The minimum Gasteiger partial charge on any atom is -0.166 e. The van der Waals surface area contributed by atoms with E-state index in [2.05, 4.69) is 20.8 Å². The molecule has 1 aromatic carbocycles. The topological polar surface area (TPSA) is 0 Å². The highest BCUT2D eigenvalue weighted by molar-refractivity contribution is 5.26. The van der Waals surface area contributed by atoms with Crippen LogP contribution in [0.5, 0.6) is 0 Å². The van der Waals surface area contributed by atoms with Crippen molar-refractivity contribution in [1.29, 1.82) is 0 Å². The Balaban J connectivity index is 2.93. The molecule has 3 heteroatoms. The minimum absolute atomic E-state index is 0.0875. The number of hydrogen-bond acceptors (Lipinski definition) is 0. The average Bonchev–Trinajstić information content (AvgIpc) is 2.28. The van der Waals surface area contributed by atoms with Crippen molar-refractivity contribution >= 4 is 0 Å². The van der Waals surface area contributed by atoms with Crippen LogP contribution in [0, 0.1) is 5.41 Å². The monoisotopic (exact) mass is 244 g/mol. The second-order valence-electron chi connectivity index (χ2n) is 4.89. The van der Waals surface area contributed by atoms with Crippen LogP contribution in [0.1, 0.15) is 44.7 Å². The fraction of sp³-hybridized carbons (Fsp3) is 0.571. The molecule has 1 rings (SSSR count). The molecule has 0 aliphatic heterocycles. The van der Waals surface area contributed by atoms with E-state index in [0.717, 1.165) is 24.5 Å². The van der Waals surface area contributed by atoms with Crippen LogP contribution in [0.2, 0.25) is 0 Å². The molecule has 0 fully saturated rings. The Morgan fingerprint density at radius 3 is 2.12 bits per heavy atom. The van der Waals surface area contributed by atoms with Crippen molar-refractivity contribution in [2.24, 2.45) is 5.41 Å². The highest BCUT2D eigenvalue weighted by atomic mass is 19.4. The van der Waals surface area contributed by atoms with Crippen molar-refractivity contribution in [3.63, 3.8) is 0 Å². The van der Waals surface area contributed by atoms with Gasteiger partial charge < -0.3 is 0 Å². The summed E-state index contributed by atoms with van der Waals surface area (Å²) in [5.41, 5.74) is 0.306. The molecule has 96 valence electrons. The molecule has 0 unspecified atom stereocenters. The predicted octanol–water partition coefficient (Wildman–Crippen LogP) is 5.07. The summed E-state index contributed by atoms with van der Waals surface area (Å²) in [4.78, 5) is 0. The van der Waals surface area contributed by atoms with E-state index in [1.54, 1.807) is 6.07 Å². The van der Waals surface area contributed by atoms with Crippen molar-refractivity contribution < 1.29 is 13.2 Å². The van der Waals surface area contributed by atoms with E-state index < -0.39 is 11.7 Å². The van der Waals surface area contributed by atoms with Crippen LogP contribution in [0.4, 0.5) is 13.2 Å². The number of alkyl halides is 3. The van der Waals surface area contributed by atoms with Crippen LogP contribution in [-0.4, -0.2) is 0 Å². The highest BCUT2D eigenvalue weighted by Gasteiger charge is 2.31. The van der Waals surface area contributed by atoms with E-state index >= 15 is 0 Å². The molecule has 0 spiro atoms. The molecule has 0 bridgehead atoms. The van der Waals surface area contributed by atoms with E-state index in [4.69, 9.17) is 0 Å². The molecule has 0 atom stereocenters. The SMILES string of the molecule is CCC(C)(CC)Cc1cccc(C(F)(F)F)c1. The third kappa shape index (κ3) is 3.76. The first kappa shape index (κ1) is 14.1. The van der Waals surface area contributed by atoms with Crippen molar-refractivity contribution in [1.82, 2.24) is 0 Å². The Morgan fingerprint density at radius 1 is 1.06 bits per heavy atom. The summed E-state index contributed by atoms with van der Waals surface area (Å²) in [7, 11) is 0. The molecular weight excluding hydrogens is 225 g/mol. The Bertz CT molecular complexity index is 362. The maximum Gasteiger partial charge on any atom is 0.416 e. The Morgan fingerprint density at radius 2 is 1.65 bits per heavy atom. The van der Waals surface area contributed by atoms with Gasteiger partial charge in [0, 0.05) is 0 Å². The molecule has 0 aromatic heterocycles. The predicted molar refractivity (Wildman–Crippen MR) is 63.8 cm³/mol. The lowest BCUT2D eigenvalue weighted by Crippen LogP contribution is -2.17. The molecule has 0 nitrogen and oxygen atoms in total. The van der Waals surface area contributed by atoms with E-state index in [9.17, 15) is 13.2 Å². The molecule has 0 N–H and O–H groups in total. The van der Waals surface area contributed by atoms with Gasteiger partial charge in [0.15, 0.2) is 0 Å². The molecule has 17 heavy (non-hydrogen) atoms. The van der Waals surface area contributed by atoms with E-state index in [-0.39, 0.29) is 5.41 Å². The maximum absolute atomic E-state index is 12.6. The minimum atomic E-state index is -4.25. The van der Waals surface area contributed by atoms with E-state index in [1.807, 2.05) is 0 Å². The van der Waals surface area contributed by atoms with Gasteiger partial charge in [-0.2, -0.15) is 13.2 Å². The number of rotatable bonds is 4. The van der Waals surface area contributed by atoms with Gasteiger partial charge in [-0.15, -0.1) is 0 Å². The smallest absolute Gasteiger partial charge is 0.166 e. The lowest BCUT2D eigenvalue weighted by Gasteiger charge is -2.27. The van der Waals surface area contributed by atoms with Gasteiger partial charge >= 0.3 is 6.18 Å². The maximum atomic E-state index is 12.6. The summed E-state index contributed by atoms with van der Waals surface area (Å²) in [5.74, 6) is 0. The third-order valence-corrected chi connectivity index (χ3v) is 3.59. The van der Waals surface area contributed by atoms with Gasteiger partial charge in [0.1, 0.15) is 0 Å². The summed E-state index contributed by atoms with van der Waals surface area (Å²) in [6.45, 7) is 6.28. The second-order valence-corrected chi connectivity index (χ2v) is 4.89. The van der Waals surface area contributed by atoms with Crippen LogP contribution in [-0.2, 0) is 12.6 Å². The summed E-state index contributed by atoms with van der Waals surface area (Å²) >= 11 is 0. The average molecular weight is 244 g/mol. The van der Waals surface area contributed by atoms with Crippen molar-refractivity contribution in [3.05, 3.63) is 35.4 Å². The highest BCUT2D eigenvalue weighted by Crippen LogP contribution is 2.33. The molecule has 0 amide bonds. The quantitative estimate of drug-likeness (QED) is 0.693. The second kappa shape index (κ2) is 5.11. The molecular formula is C14H19F3. The molecule has 0 saturated carbocycles. The summed E-state index contributed by atoms with van der Waals surface area (Å²) in [6, 6.07) is 5.66. The summed E-state index contributed by atoms with van der Waals surface area (Å²) in [6.07, 6.45) is -1.60. The Kier molecular flexibility index (Phi) is 4.23. The van der Waals surface area contributed by atoms with Crippen LogP contribution in [0.15, 0.2) is 24.3 Å². The molecule has 0 saturated heterocycles. The van der Waals surface area contributed by atoms with Crippen molar-refractivity contribution in [2.45, 2.75) is 46.2 Å². The van der Waals surface area contributed by atoms with Gasteiger partial charge in [-0.1, -0.05) is 51.8 Å². The summed E-state index contributed by atoms with van der Waals surface area (Å²) < 4.78 is 37.7. The van der Waals surface area contributed by atoms with Crippen LogP contribution in [0.3, 0.4) is 0 Å². The third-order valence-electron chi connectivity index (χ3n) is 3.59. The number of hydrogen-bond donors (Lipinski definition) is 0. The lowest BCUT2D eigenvalue weighted by molar-refractivity contribution is -0.137. The molecule has 0 aliphatic carbocycles. The van der Waals surface area contributed by atoms with Gasteiger partial charge in [-0.05, 0) is 23.5 Å². The standard InChI is InChI=1S/C14H19F3/c1-4-13(3,5-2)10-11-7-6-8-12(9-11)14(15,16)17/h6-9H,4-5,10H2,1-3H3. The fourth-order valence-corrected chi connectivity index (χ4v) is 1.85. The number of benzene rings is 1. The van der Waals surface area contributed by atoms with Crippen molar-refractivity contribution in [3.8, 4) is 0 Å². The van der Waals surface area contributed by atoms with Gasteiger partial charge in [-0.25, -0.2) is 0 Å². The fourth-order valence-electron chi connectivity index (χ4n) is 1.85. The molecule has 0 aliphatic rings. The van der Waals surface area contributed by atoms with E-state index in [0.29, 0.717) is 6.42 Å². The Hall–Kier alpha value is -0.990. The van der Waals surface area contributed by atoms with E-state index in [1.165, 1.54) is 12.1 Å². The zero-order chi connectivity index (χ0) is 13.1. The van der Waals surface area contributed by atoms with Crippen LogP contribution >= 0.6 is 0 Å². The largest absolute Gasteiger partial charge is 0.416 e. The zero-order valence-electron chi connectivity index (χ0n) is 10.6. The lowest BCUT2D eigenvalue weighted by atomic mass is 9.79. The molecule has 0 radical (unpaired) electrons. The number of halogens is 3. The first-order chi connectivity index (χ1) is 7.80. The van der Waals surface area contributed by atoms with Crippen molar-refractivity contribution in [2.75, 3.05) is 0 Å².